The molecule has 80 valence electrons. The maximum atomic E-state index is 11.5. The zero-order valence-corrected chi connectivity index (χ0v) is 8.52. The van der Waals surface area contributed by atoms with E-state index in [1.165, 1.54) is 19.2 Å². The molecule has 0 fully saturated rings. The van der Waals surface area contributed by atoms with Crippen LogP contribution in [0.15, 0.2) is 18.3 Å². The van der Waals surface area contributed by atoms with E-state index >= 15 is 0 Å². The lowest BCUT2D eigenvalue weighted by atomic mass is 10.2. The number of carboxylic acid groups (broad SMARTS) is 1. The second-order valence-corrected chi connectivity index (χ2v) is 3.22. The van der Waals surface area contributed by atoms with E-state index in [0.29, 0.717) is 11.3 Å². The van der Waals surface area contributed by atoms with Crippen LogP contribution in [0.5, 0.6) is 0 Å². The molecule has 0 aromatic carbocycles. The van der Waals surface area contributed by atoms with Crippen molar-refractivity contribution in [3.05, 3.63) is 29.6 Å². The number of carbonyl (C=O) groups is 2. The van der Waals surface area contributed by atoms with Gasteiger partial charge < -0.3 is 10.4 Å². The van der Waals surface area contributed by atoms with Crippen molar-refractivity contribution in [3.8, 4) is 0 Å². The lowest BCUT2D eigenvalue weighted by Gasteiger charge is -2.09. The van der Waals surface area contributed by atoms with Crippen LogP contribution in [0.1, 0.15) is 23.0 Å². The zero-order valence-electron chi connectivity index (χ0n) is 8.52. The Balaban J connectivity index is 2.73. The van der Waals surface area contributed by atoms with Crippen LogP contribution >= 0.6 is 0 Å². The van der Waals surface area contributed by atoms with Gasteiger partial charge in [0.2, 0.25) is 0 Å². The highest BCUT2D eigenvalue weighted by atomic mass is 16.4. The quantitative estimate of drug-likeness (QED) is 0.762. The van der Waals surface area contributed by atoms with Crippen LogP contribution in [0.2, 0.25) is 0 Å². The van der Waals surface area contributed by atoms with E-state index in [1.54, 1.807) is 13.0 Å². The average molecular weight is 208 g/mol. The number of aromatic nitrogens is 1. The highest BCUT2D eigenvalue weighted by Crippen LogP contribution is 2.00. The highest BCUT2D eigenvalue weighted by Gasteiger charge is 2.14. The molecule has 1 heterocycles. The third kappa shape index (κ3) is 3.05. The minimum absolute atomic E-state index is 0.407. The standard InChI is InChI=1S/C10H12N2O3/c1-6-5-8(3-4-11-6)9(13)12-7(2)10(14)15/h3-5,7H,1-2H3,(H,12,13)(H,14,15)/t7-/m0/s1. The molecule has 0 spiro atoms. The number of aryl methyl sites for hydroxylation is 1. The first-order valence-corrected chi connectivity index (χ1v) is 4.47. The van der Waals surface area contributed by atoms with E-state index in [2.05, 4.69) is 10.3 Å². The maximum Gasteiger partial charge on any atom is 0.325 e. The molecular weight excluding hydrogens is 196 g/mol. The zero-order chi connectivity index (χ0) is 11.4. The first kappa shape index (κ1) is 11.2. The van der Waals surface area contributed by atoms with Crippen LogP contribution in [0.4, 0.5) is 0 Å². The summed E-state index contributed by atoms with van der Waals surface area (Å²) in [6.45, 7) is 3.17. The predicted octanol–water partition coefficient (Wildman–Crippen LogP) is 0.593. The molecule has 0 saturated heterocycles. The van der Waals surface area contributed by atoms with Gasteiger partial charge in [-0.2, -0.15) is 0 Å². The molecular formula is C10H12N2O3. The topological polar surface area (TPSA) is 79.3 Å². The van der Waals surface area contributed by atoms with Gasteiger partial charge in [0.25, 0.3) is 5.91 Å². The Morgan fingerprint density at radius 1 is 1.53 bits per heavy atom. The lowest BCUT2D eigenvalue weighted by molar-refractivity contribution is -0.138. The summed E-state index contributed by atoms with van der Waals surface area (Å²) in [4.78, 5) is 26.0. The van der Waals surface area contributed by atoms with Crippen LogP contribution in [-0.2, 0) is 4.79 Å². The number of carbonyl (C=O) groups excluding carboxylic acids is 1. The molecule has 1 amide bonds. The van der Waals surface area contributed by atoms with Gasteiger partial charge in [-0.3, -0.25) is 14.6 Å². The van der Waals surface area contributed by atoms with Crippen molar-refractivity contribution >= 4 is 11.9 Å². The Kier molecular flexibility index (Phi) is 3.38. The molecule has 1 rings (SSSR count). The van der Waals surface area contributed by atoms with Crippen LogP contribution in [-0.4, -0.2) is 28.0 Å². The number of nitrogens with zero attached hydrogens (tertiary/aromatic N) is 1. The van der Waals surface area contributed by atoms with Crippen LogP contribution in [0.3, 0.4) is 0 Å². The number of rotatable bonds is 3. The monoisotopic (exact) mass is 208 g/mol. The highest BCUT2D eigenvalue weighted by molar-refractivity contribution is 5.96. The summed E-state index contributed by atoms with van der Waals surface area (Å²) < 4.78 is 0. The van der Waals surface area contributed by atoms with Gasteiger partial charge in [-0.05, 0) is 26.0 Å². The summed E-state index contributed by atoms with van der Waals surface area (Å²) in [7, 11) is 0. The van der Waals surface area contributed by atoms with E-state index in [9.17, 15) is 9.59 Å². The number of hydrogen-bond acceptors (Lipinski definition) is 3. The molecule has 0 aliphatic rings. The third-order valence-electron chi connectivity index (χ3n) is 1.88. The first-order valence-electron chi connectivity index (χ1n) is 4.47. The fraction of sp³-hybridized carbons (Fsp3) is 0.300. The van der Waals surface area contributed by atoms with Gasteiger partial charge in [-0.1, -0.05) is 0 Å². The largest absolute Gasteiger partial charge is 0.480 e. The number of nitrogens with one attached hydrogen (secondary N) is 1. The Morgan fingerprint density at radius 2 is 2.20 bits per heavy atom. The molecule has 1 atom stereocenters. The van der Waals surface area contributed by atoms with Gasteiger partial charge in [0, 0.05) is 17.5 Å². The van der Waals surface area contributed by atoms with Crippen molar-refractivity contribution in [1.82, 2.24) is 10.3 Å². The molecule has 0 unspecified atom stereocenters. The molecule has 0 bridgehead atoms. The van der Waals surface area contributed by atoms with Crippen molar-refractivity contribution in [2.75, 3.05) is 0 Å². The number of aliphatic carboxylic acids is 1. The van der Waals surface area contributed by atoms with Gasteiger partial charge in [0.1, 0.15) is 6.04 Å². The fourth-order valence-corrected chi connectivity index (χ4v) is 1.03. The summed E-state index contributed by atoms with van der Waals surface area (Å²) in [5.41, 5.74) is 1.13. The molecule has 1 aromatic heterocycles. The van der Waals surface area contributed by atoms with Crippen molar-refractivity contribution < 1.29 is 14.7 Å². The molecule has 0 aliphatic heterocycles. The van der Waals surface area contributed by atoms with E-state index in [4.69, 9.17) is 5.11 Å². The third-order valence-corrected chi connectivity index (χ3v) is 1.88. The van der Waals surface area contributed by atoms with Crippen LogP contribution in [0, 0.1) is 6.92 Å². The normalized spacial score (nSPS) is 11.9. The number of carboxylic acids is 1. The van der Waals surface area contributed by atoms with Gasteiger partial charge in [-0.25, -0.2) is 0 Å². The predicted molar refractivity (Wildman–Crippen MR) is 53.5 cm³/mol. The van der Waals surface area contributed by atoms with Gasteiger partial charge in [0.15, 0.2) is 0 Å². The Morgan fingerprint density at radius 3 is 2.73 bits per heavy atom. The van der Waals surface area contributed by atoms with E-state index in [1.807, 2.05) is 0 Å². The van der Waals surface area contributed by atoms with Crippen molar-refractivity contribution in [1.29, 1.82) is 0 Å². The molecule has 2 N–H and O–H groups in total. The van der Waals surface area contributed by atoms with Gasteiger partial charge >= 0.3 is 5.97 Å². The number of pyridine rings is 1. The molecule has 0 aliphatic carbocycles. The van der Waals surface area contributed by atoms with Gasteiger partial charge in [0.05, 0.1) is 0 Å². The molecule has 0 saturated carbocycles. The van der Waals surface area contributed by atoms with Crippen molar-refractivity contribution in [2.45, 2.75) is 19.9 Å². The van der Waals surface area contributed by atoms with E-state index < -0.39 is 17.9 Å². The maximum absolute atomic E-state index is 11.5. The van der Waals surface area contributed by atoms with Crippen LogP contribution in [0.25, 0.3) is 0 Å². The number of hydrogen-bond donors (Lipinski definition) is 2. The Bertz CT molecular complexity index is 390. The molecule has 0 radical (unpaired) electrons. The average Bonchev–Trinajstić information content (AvgIpc) is 2.17. The Hall–Kier alpha value is -1.91. The lowest BCUT2D eigenvalue weighted by Crippen LogP contribution is -2.38. The van der Waals surface area contributed by atoms with E-state index in [0.717, 1.165) is 0 Å². The van der Waals surface area contributed by atoms with Crippen LogP contribution < -0.4 is 5.32 Å². The Labute approximate surface area is 87.1 Å². The molecule has 5 heteroatoms. The smallest absolute Gasteiger partial charge is 0.325 e. The molecule has 5 nitrogen and oxygen atoms in total. The minimum atomic E-state index is -1.06. The second-order valence-electron chi connectivity index (χ2n) is 3.22. The first-order chi connectivity index (χ1) is 7.00. The van der Waals surface area contributed by atoms with E-state index in [-0.39, 0.29) is 0 Å². The van der Waals surface area contributed by atoms with Crippen molar-refractivity contribution in [2.24, 2.45) is 0 Å². The van der Waals surface area contributed by atoms with Gasteiger partial charge in [-0.15, -0.1) is 0 Å². The number of amides is 1. The summed E-state index contributed by atoms with van der Waals surface area (Å²) in [6.07, 6.45) is 1.51. The fourth-order valence-electron chi connectivity index (χ4n) is 1.03. The summed E-state index contributed by atoms with van der Waals surface area (Å²) in [5.74, 6) is -1.47. The molecule has 1 aromatic rings. The summed E-state index contributed by atoms with van der Waals surface area (Å²) in [5, 5.41) is 11.0. The minimum Gasteiger partial charge on any atom is -0.480 e. The van der Waals surface area contributed by atoms with Crippen molar-refractivity contribution in [3.63, 3.8) is 0 Å². The molecule has 15 heavy (non-hydrogen) atoms. The summed E-state index contributed by atoms with van der Waals surface area (Å²) in [6, 6.07) is 2.24. The SMILES string of the molecule is Cc1cc(C(=O)N[C@@H](C)C(=O)O)ccn1. The summed E-state index contributed by atoms with van der Waals surface area (Å²) >= 11 is 0. The second kappa shape index (κ2) is 4.54.